The molecule has 2 atom stereocenters. The summed E-state index contributed by atoms with van der Waals surface area (Å²) < 4.78 is 10.4. The topological polar surface area (TPSA) is 93.7 Å². The van der Waals surface area contributed by atoms with E-state index in [1.54, 1.807) is 13.8 Å². The first-order valence-electron chi connectivity index (χ1n) is 8.67. The number of hydrogen-bond acceptors (Lipinski definition) is 5. The molecule has 0 fully saturated rings. The minimum absolute atomic E-state index is 0.200. The molecule has 0 saturated carbocycles. The van der Waals surface area contributed by atoms with Gasteiger partial charge in [-0.25, -0.2) is 9.59 Å². The van der Waals surface area contributed by atoms with E-state index in [-0.39, 0.29) is 24.5 Å². The summed E-state index contributed by atoms with van der Waals surface area (Å²) in [6.45, 7) is 5.28. The average Bonchev–Trinajstić information content (AvgIpc) is 2.61. The average molecular weight is 360 g/mol. The number of benzene rings is 1. The minimum atomic E-state index is -0.548. The first-order chi connectivity index (χ1) is 12.5. The van der Waals surface area contributed by atoms with Crippen LogP contribution in [0, 0.1) is 0 Å². The zero-order valence-electron chi connectivity index (χ0n) is 15.2. The van der Waals surface area contributed by atoms with Gasteiger partial charge in [0.05, 0.1) is 29.8 Å². The zero-order valence-corrected chi connectivity index (χ0v) is 15.2. The summed E-state index contributed by atoms with van der Waals surface area (Å²) in [6, 6.07) is 8.35. The summed E-state index contributed by atoms with van der Waals surface area (Å²) in [4.78, 5) is 36.4. The van der Waals surface area contributed by atoms with Gasteiger partial charge in [-0.2, -0.15) is 0 Å². The summed E-state index contributed by atoms with van der Waals surface area (Å²) in [7, 11) is 0. The molecule has 140 valence electrons. The van der Waals surface area contributed by atoms with Crippen LogP contribution in [-0.4, -0.2) is 37.2 Å². The van der Waals surface area contributed by atoms with Crippen molar-refractivity contribution in [3.05, 3.63) is 47.2 Å². The maximum atomic E-state index is 12.5. The number of amides is 2. The van der Waals surface area contributed by atoms with Crippen molar-refractivity contribution in [3.8, 4) is 0 Å². The Hall–Kier alpha value is -2.83. The third kappa shape index (κ3) is 4.62. The minimum Gasteiger partial charge on any atom is -0.463 e. The first-order valence-corrected chi connectivity index (χ1v) is 8.67. The number of carbonyl (C=O) groups excluding carboxylic acids is 3. The van der Waals surface area contributed by atoms with Crippen LogP contribution in [0.4, 0.5) is 4.79 Å². The van der Waals surface area contributed by atoms with Crippen LogP contribution in [0.5, 0.6) is 0 Å². The third-order valence-electron chi connectivity index (χ3n) is 4.12. The summed E-state index contributed by atoms with van der Waals surface area (Å²) >= 11 is 0. The molecule has 0 aliphatic carbocycles. The van der Waals surface area contributed by atoms with Crippen LogP contribution in [0.1, 0.15) is 38.7 Å². The van der Waals surface area contributed by atoms with E-state index in [1.807, 2.05) is 37.3 Å². The van der Waals surface area contributed by atoms with Gasteiger partial charge in [0.2, 0.25) is 0 Å². The van der Waals surface area contributed by atoms with E-state index in [2.05, 4.69) is 10.6 Å². The predicted octanol–water partition coefficient (Wildman–Crippen LogP) is 2.24. The molecule has 0 unspecified atom stereocenters. The molecule has 1 aromatic rings. The molecule has 7 nitrogen and oxygen atoms in total. The lowest BCUT2D eigenvalue weighted by molar-refractivity contribution is -0.145. The number of carbonyl (C=O) groups is 3. The Morgan fingerprint density at radius 3 is 2.46 bits per heavy atom. The summed E-state index contributed by atoms with van der Waals surface area (Å²) in [6.07, 6.45) is 0.580. The van der Waals surface area contributed by atoms with E-state index in [4.69, 9.17) is 9.47 Å². The molecular formula is C19H24N2O5. The largest absolute Gasteiger partial charge is 0.463 e. The third-order valence-corrected chi connectivity index (χ3v) is 4.12. The van der Waals surface area contributed by atoms with Crippen molar-refractivity contribution in [2.24, 2.45) is 0 Å². The Balaban J connectivity index is 2.15. The van der Waals surface area contributed by atoms with E-state index < -0.39 is 29.9 Å². The molecule has 26 heavy (non-hydrogen) atoms. The Morgan fingerprint density at radius 1 is 1.15 bits per heavy atom. The van der Waals surface area contributed by atoms with E-state index in [0.29, 0.717) is 6.42 Å². The fraction of sp³-hybridized carbons (Fsp3) is 0.421. The highest BCUT2D eigenvalue weighted by molar-refractivity contribution is 5.94. The second-order valence-electron chi connectivity index (χ2n) is 5.91. The SMILES string of the molecule is CCOC(=O)C1=C(COC(=O)[C@@H](CC)c2ccccc2)NC(=O)N[C@@H]1C. The number of esters is 2. The van der Waals surface area contributed by atoms with Gasteiger partial charge in [0.1, 0.15) is 6.61 Å². The lowest BCUT2D eigenvalue weighted by Crippen LogP contribution is -2.50. The fourth-order valence-corrected chi connectivity index (χ4v) is 2.86. The molecule has 2 rings (SSSR count). The zero-order chi connectivity index (χ0) is 19.1. The van der Waals surface area contributed by atoms with Gasteiger partial charge < -0.3 is 20.1 Å². The van der Waals surface area contributed by atoms with Crippen LogP contribution in [-0.2, 0) is 19.1 Å². The second-order valence-corrected chi connectivity index (χ2v) is 5.91. The van der Waals surface area contributed by atoms with Gasteiger partial charge in [-0.1, -0.05) is 37.3 Å². The molecule has 2 amide bonds. The molecule has 0 aromatic heterocycles. The van der Waals surface area contributed by atoms with Gasteiger partial charge in [0.15, 0.2) is 0 Å². The smallest absolute Gasteiger partial charge is 0.338 e. The highest BCUT2D eigenvalue weighted by Crippen LogP contribution is 2.22. The van der Waals surface area contributed by atoms with Crippen molar-refractivity contribution in [2.75, 3.05) is 13.2 Å². The van der Waals surface area contributed by atoms with Crippen molar-refractivity contribution in [2.45, 2.75) is 39.2 Å². The molecule has 0 saturated heterocycles. The molecule has 0 radical (unpaired) electrons. The number of ether oxygens (including phenoxy) is 2. The highest BCUT2D eigenvalue weighted by Gasteiger charge is 2.31. The maximum Gasteiger partial charge on any atom is 0.338 e. The standard InChI is InChI=1S/C19H24N2O5/c1-4-14(13-9-7-6-8-10-13)17(22)26-11-15-16(18(23)25-5-2)12(3)20-19(24)21-15/h6-10,12,14H,4-5,11H2,1-3H3,(H2,20,21,24)/t12-,14+/m1/s1. The lowest BCUT2D eigenvalue weighted by Gasteiger charge is -2.26. The van der Waals surface area contributed by atoms with Gasteiger partial charge >= 0.3 is 18.0 Å². The van der Waals surface area contributed by atoms with Gasteiger partial charge in [-0.3, -0.25) is 4.79 Å². The lowest BCUT2D eigenvalue weighted by atomic mass is 9.97. The maximum absolute atomic E-state index is 12.5. The van der Waals surface area contributed by atoms with Crippen LogP contribution in [0.15, 0.2) is 41.6 Å². The first kappa shape index (κ1) is 19.5. The van der Waals surface area contributed by atoms with Crippen LogP contribution < -0.4 is 10.6 Å². The number of hydrogen-bond donors (Lipinski definition) is 2. The molecule has 7 heteroatoms. The Kier molecular flexibility index (Phi) is 6.77. The Morgan fingerprint density at radius 2 is 1.85 bits per heavy atom. The number of rotatable bonds is 7. The van der Waals surface area contributed by atoms with E-state index >= 15 is 0 Å². The molecule has 1 aliphatic rings. The van der Waals surface area contributed by atoms with Crippen molar-refractivity contribution in [1.82, 2.24) is 10.6 Å². The van der Waals surface area contributed by atoms with Crippen molar-refractivity contribution in [3.63, 3.8) is 0 Å². The van der Waals surface area contributed by atoms with Crippen molar-refractivity contribution >= 4 is 18.0 Å². The van der Waals surface area contributed by atoms with Crippen molar-refractivity contribution in [1.29, 1.82) is 0 Å². The van der Waals surface area contributed by atoms with Crippen LogP contribution in [0.3, 0.4) is 0 Å². The van der Waals surface area contributed by atoms with Crippen LogP contribution in [0.25, 0.3) is 0 Å². The number of urea groups is 1. The highest BCUT2D eigenvalue weighted by atomic mass is 16.5. The monoisotopic (exact) mass is 360 g/mol. The number of nitrogens with one attached hydrogen (secondary N) is 2. The van der Waals surface area contributed by atoms with Crippen LogP contribution >= 0.6 is 0 Å². The quantitative estimate of drug-likeness (QED) is 0.728. The summed E-state index contributed by atoms with van der Waals surface area (Å²) in [5.41, 5.74) is 1.37. The summed E-state index contributed by atoms with van der Waals surface area (Å²) in [5, 5.41) is 5.14. The molecule has 1 aromatic carbocycles. The second kappa shape index (κ2) is 9.03. The van der Waals surface area contributed by atoms with E-state index in [1.165, 1.54) is 0 Å². The molecule has 0 spiro atoms. The summed E-state index contributed by atoms with van der Waals surface area (Å²) in [5.74, 6) is -1.36. The van der Waals surface area contributed by atoms with E-state index in [0.717, 1.165) is 5.56 Å². The molecule has 1 heterocycles. The molecule has 1 aliphatic heterocycles. The molecular weight excluding hydrogens is 336 g/mol. The Labute approximate surface area is 152 Å². The van der Waals surface area contributed by atoms with Crippen molar-refractivity contribution < 1.29 is 23.9 Å². The van der Waals surface area contributed by atoms with Gasteiger partial charge in [0.25, 0.3) is 0 Å². The molecule has 2 N–H and O–H groups in total. The van der Waals surface area contributed by atoms with Gasteiger partial charge in [-0.15, -0.1) is 0 Å². The predicted molar refractivity (Wildman–Crippen MR) is 95.2 cm³/mol. The fourth-order valence-electron chi connectivity index (χ4n) is 2.86. The molecule has 0 bridgehead atoms. The van der Waals surface area contributed by atoms with Gasteiger partial charge in [0, 0.05) is 0 Å². The van der Waals surface area contributed by atoms with E-state index in [9.17, 15) is 14.4 Å². The van der Waals surface area contributed by atoms with Crippen LogP contribution in [0.2, 0.25) is 0 Å². The van der Waals surface area contributed by atoms with Gasteiger partial charge in [-0.05, 0) is 25.8 Å². The Bertz CT molecular complexity index is 699. The normalized spacial score (nSPS) is 17.8.